The van der Waals surface area contributed by atoms with Crippen molar-refractivity contribution < 1.29 is 0 Å². The van der Waals surface area contributed by atoms with Crippen LogP contribution in [0.1, 0.15) is 95.6 Å². The first-order valence-corrected chi connectivity index (χ1v) is 7.93. The van der Waals surface area contributed by atoms with Gasteiger partial charge in [-0.1, -0.05) is 33.1 Å². The number of imidazole rings is 1. The maximum atomic E-state index is 6.39. The van der Waals surface area contributed by atoms with Gasteiger partial charge in [0.15, 0.2) is 0 Å². The van der Waals surface area contributed by atoms with Crippen LogP contribution >= 0.6 is 0 Å². The molecule has 1 fully saturated rings. The number of nitrogens with zero attached hydrogens (tertiary/aromatic N) is 2. The normalized spacial score (nSPS) is 19.0. The van der Waals surface area contributed by atoms with Gasteiger partial charge in [0.2, 0.25) is 0 Å². The lowest BCUT2D eigenvalue weighted by Gasteiger charge is -2.24. The molecule has 1 saturated carbocycles. The lowest BCUT2D eigenvalue weighted by atomic mass is 9.88. The molecule has 2 N–H and O–H groups in total. The van der Waals surface area contributed by atoms with Crippen LogP contribution in [0.3, 0.4) is 0 Å². The van der Waals surface area contributed by atoms with E-state index in [0.717, 1.165) is 17.9 Å². The van der Waals surface area contributed by atoms with E-state index in [4.69, 9.17) is 10.7 Å². The summed E-state index contributed by atoms with van der Waals surface area (Å²) in [5, 5.41) is 0. The Morgan fingerprint density at radius 1 is 1.21 bits per heavy atom. The SMILES string of the molecule is CCC(C)c1nc(C2CCCCC2)n(C(C)C)c1N. The Morgan fingerprint density at radius 3 is 2.37 bits per heavy atom. The largest absolute Gasteiger partial charge is 0.384 e. The second kappa shape index (κ2) is 5.98. The van der Waals surface area contributed by atoms with Crippen LogP contribution in [0.5, 0.6) is 0 Å². The van der Waals surface area contributed by atoms with Gasteiger partial charge in [0.05, 0.1) is 5.69 Å². The number of aromatic nitrogens is 2. The average Bonchev–Trinajstić information content (AvgIpc) is 2.76. The lowest BCUT2D eigenvalue weighted by Crippen LogP contribution is -2.15. The van der Waals surface area contributed by atoms with E-state index >= 15 is 0 Å². The summed E-state index contributed by atoms with van der Waals surface area (Å²) >= 11 is 0. The summed E-state index contributed by atoms with van der Waals surface area (Å²) in [5.41, 5.74) is 7.51. The molecule has 0 amide bonds. The molecule has 0 spiro atoms. The standard InChI is InChI=1S/C16H29N3/c1-5-12(4)14-15(17)19(11(2)3)16(18-14)13-9-7-6-8-10-13/h11-13H,5-10,17H2,1-4H3. The van der Waals surface area contributed by atoms with Crippen molar-refractivity contribution >= 4 is 5.82 Å². The molecule has 0 radical (unpaired) electrons. The average molecular weight is 263 g/mol. The second-order valence-electron chi connectivity index (χ2n) is 6.35. The fourth-order valence-electron chi connectivity index (χ4n) is 3.23. The molecule has 3 heteroatoms. The minimum Gasteiger partial charge on any atom is -0.384 e. The van der Waals surface area contributed by atoms with Crippen LogP contribution < -0.4 is 5.73 Å². The summed E-state index contributed by atoms with van der Waals surface area (Å²) in [7, 11) is 0. The molecule has 1 heterocycles. The number of hydrogen-bond donors (Lipinski definition) is 1. The monoisotopic (exact) mass is 263 g/mol. The predicted octanol–water partition coefficient (Wildman–Crippen LogP) is 4.61. The van der Waals surface area contributed by atoms with E-state index < -0.39 is 0 Å². The summed E-state index contributed by atoms with van der Waals surface area (Å²) in [4.78, 5) is 4.96. The summed E-state index contributed by atoms with van der Waals surface area (Å²) in [6.45, 7) is 8.86. The zero-order valence-corrected chi connectivity index (χ0v) is 12.9. The first-order chi connectivity index (χ1) is 9.06. The van der Waals surface area contributed by atoms with E-state index in [1.54, 1.807) is 0 Å². The maximum absolute atomic E-state index is 6.39. The third-order valence-corrected chi connectivity index (χ3v) is 4.57. The van der Waals surface area contributed by atoms with E-state index in [1.807, 2.05) is 0 Å². The summed E-state index contributed by atoms with van der Waals surface area (Å²) < 4.78 is 2.29. The van der Waals surface area contributed by atoms with Crippen molar-refractivity contribution in [2.45, 2.75) is 84.1 Å². The van der Waals surface area contributed by atoms with Gasteiger partial charge in [-0.15, -0.1) is 0 Å². The van der Waals surface area contributed by atoms with Crippen LogP contribution in [0.25, 0.3) is 0 Å². The quantitative estimate of drug-likeness (QED) is 0.862. The molecular formula is C16H29N3. The van der Waals surface area contributed by atoms with E-state index in [1.165, 1.54) is 37.9 Å². The Balaban J connectivity index is 2.40. The first-order valence-electron chi connectivity index (χ1n) is 7.93. The highest BCUT2D eigenvalue weighted by Gasteiger charge is 2.26. The molecule has 0 saturated heterocycles. The number of rotatable bonds is 4. The Kier molecular flexibility index (Phi) is 4.54. The summed E-state index contributed by atoms with van der Waals surface area (Å²) in [6, 6.07) is 0.405. The second-order valence-corrected chi connectivity index (χ2v) is 6.35. The molecule has 1 atom stereocenters. The minimum atomic E-state index is 0.405. The fourth-order valence-corrected chi connectivity index (χ4v) is 3.23. The molecule has 1 aliphatic rings. The first kappa shape index (κ1) is 14.4. The van der Waals surface area contributed by atoms with Crippen LogP contribution in [0.4, 0.5) is 5.82 Å². The van der Waals surface area contributed by atoms with Crippen molar-refractivity contribution in [2.24, 2.45) is 0 Å². The molecule has 108 valence electrons. The van der Waals surface area contributed by atoms with Crippen molar-refractivity contribution in [2.75, 3.05) is 5.73 Å². The highest BCUT2D eigenvalue weighted by atomic mass is 15.2. The zero-order valence-electron chi connectivity index (χ0n) is 12.9. The van der Waals surface area contributed by atoms with Gasteiger partial charge in [-0.05, 0) is 33.1 Å². The predicted molar refractivity (Wildman–Crippen MR) is 81.6 cm³/mol. The van der Waals surface area contributed by atoms with Gasteiger partial charge in [-0.2, -0.15) is 0 Å². The molecule has 3 nitrogen and oxygen atoms in total. The number of hydrogen-bond acceptors (Lipinski definition) is 2. The molecule has 1 aliphatic carbocycles. The van der Waals surface area contributed by atoms with Gasteiger partial charge in [0.1, 0.15) is 11.6 Å². The van der Waals surface area contributed by atoms with Crippen LogP contribution in [0.15, 0.2) is 0 Å². The molecule has 0 aromatic carbocycles. The zero-order chi connectivity index (χ0) is 14.0. The highest BCUT2D eigenvalue weighted by molar-refractivity contribution is 5.41. The molecule has 2 rings (SSSR count). The third kappa shape index (κ3) is 2.80. The van der Waals surface area contributed by atoms with Gasteiger partial charge in [-0.3, -0.25) is 0 Å². The van der Waals surface area contributed by atoms with Crippen molar-refractivity contribution in [3.05, 3.63) is 11.5 Å². The van der Waals surface area contributed by atoms with Crippen molar-refractivity contribution in [1.29, 1.82) is 0 Å². The summed E-state index contributed by atoms with van der Waals surface area (Å²) in [5.74, 6) is 3.24. The van der Waals surface area contributed by atoms with Crippen molar-refractivity contribution in [1.82, 2.24) is 9.55 Å². The molecule has 1 aromatic rings. The van der Waals surface area contributed by atoms with Gasteiger partial charge in [0, 0.05) is 17.9 Å². The van der Waals surface area contributed by atoms with Gasteiger partial charge in [-0.25, -0.2) is 4.98 Å². The number of anilines is 1. The fraction of sp³-hybridized carbons (Fsp3) is 0.812. The summed E-state index contributed by atoms with van der Waals surface area (Å²) in [6.07, 6.45) is 7.73. The van der Waals surface area contributed by atoms with Crippen molar-refractivity contribution in [3.8, 4) is 0 Å². The van der Waals surface area contributed by atoms with Crippen LogP contribution in [-0.2, 0) is 0 Å². The van der Waals surface area contributed by atoms with E-state index in [-0.39, 0.29) is 0 Å². The maximum Gasteiger partial charge on any atom is 0.127 e. The minimum absolute atomic E-state index is 0.405. The Hall–Kier alpha value is -0.990. The van der Waals surface area contributed by atoms with Crippen LogP contribution in [0, 0.1) is 0 Å². The number of nitrogens with two attached hydrogens (primary N) is 1. The van der Waals surface area contributed by atoms with E-state index in [2.05, 4.69) is 32.3 Å². The topological polar surface area (TPSA) is 43.8 Å². The van der Waals surface area contributed by atoms with E-state index in [9.17, 15) is 0 Å². The number of nitrogen functional groups attached to an aromatic ring is 1. The molecule has 1 unspecified atom stereocenters. The lowest BCUT2D eigenvalue weighted by molar-refractivity contribution is 0.407. The highest BCUT2D eigenvalue weighted by Crippen LogP contribution is 2.37. The molecule has 0 aliphatic heterocycles. The van der Waals surface area contributed by atoms with Crippen LogP contribution in [0.2, 0.25) is 0 Å². The Bertz CT molecular complexity index is 414. The molecular weight excluding hydrogens is 234 g/mol. The van der Waals surface area contributed by atoms with Crippen molar-refractivity contribution in [3.63, 3.8) is 0 Å². The Morgan fingerprint density at radius 2 is 1.84 bits per heavy atom. The smallest absolute Gasteiger partial charge is 0.127 e. The van der Waals surface area contributed by atoms with Gasteiger partial charge in [0.25, 0.3) is 0 Å². The molecule has 19 heavy (non-hydrogen) atoms. The third-order valence-electron chi connectivity index (χ3n) is 4.57. The molecule has 0 bridgehead atoms. The van der Waals surface area contributed by atoms with Gasteiger partial charge >= 0.3 is 0 Å². The van der Waals surface area contributed by atoms with E-state index in [0.29, 0.717) is 17.9 Å². The van der Waals surface area contributed by atoms with Gasteiger partial charge < -0.3 is 10.3 Å². The Labute approximate surface area is 117 Å². The molecule has 1 aromatic heterocycles. The van der Waals surface area contributed by atoms with Crippen LogP contribution in [-0.4, -0.2) is 9.55 Å².